The summed E-state index contributed by atoms with van der Waals surface area (Å²) >= 11 is 0. The average molecular weight is 350 g/mol. The van der Waals surface area contributed by atoms with Crippen LogP contribution in [0.4, 0.5) is 8.78 Å². The summed E-state index contributed by atoms with van der Waals surface area (Å²) in [5.41, 5.74) is 5.07. The van der Waals surface area contributed by atoms with Crippen LogP contribution in [-0.4, -0.2) is 10.2 Å². The van der Waals surface area contributed by atoms with Crippen molar-refractivity contribution in [2.75, 3.05) is 0 Å². The molecule has 1 aliphatic rings. The Hall–Kier alpha value is -3.14. The lowest BCUT2D eigenvalue weighted by atomic mass is 9.94. The van der Waals surface area contributed by atoms with Gasteiger partial charge < -0.3 is 10.2 Å². The molecule has 0 spiro atoms. The molecule has 4 rings (SSSR count). The Morgan fingerprint density at radius 2 is 1.58 bits per heavy atom. The Kier molecular flexibility index (Phi) is 3.76. The summed E-state index contributed by atoms with van der Waals surface area (Å²) < 4.78 is 28.5. The van der Waals surface area contributed by atoms with Gasteiger partial charge in [0.25, 0.3) is 0 Å². The minimum absolute atomic E-state index is 0.120. The highest BCUT2D eigenvalue weighted by Crippen LogP contribution is 2.45. The molecule has 2 nitrogen and oxygen atoms in total. The molecule has 0 unspecified atom stereocenters. The van der Waals surface area contributed by atoms with E-state index < -0.39 is 17.4 Å². The summed E-state index contributed by atoms with van der Waals surface area (Å²) in [6, 6.07) is 14.6. The number of halogens is 2. The van der Waals surface area contributed by atoms with Crippen LogP contribution in [-0.2, 0) is 6.42 Å². The van der Waals surface area contributed by atoms with Gasteiger partial charge in [0.1, 0.15) is 11.6 Å². The van der Waals surface area contributed by atoms with Crippen molar-refractivity contribution in [3.63, 3.8) is 0 Å². The van der Waals surface area contributed by atoms with E-state index in [2.05, 4.69) is 0 Å². The number of allylic oxidation sites excluding steroid dienone is 1. The van der Waals surface area contributed by atoms with Crippen molar-refractivity contribution in [1.82, 2.24) is 0 Å². The monoisotopic (exact) mass is 350 g/mol. The fraction of sp³-hybridized carbons (Fsp3) is 0.0909. The van der Waals surface area contributed by atoms with Crippen molar-refractivity contribution in [1.29, 1.82) is 0 Å². The summed E-state index contributed by atoms with van der Waals surface area (Å²) in [5, 5.41) is 19.5. The predicted octanol–water partition coefficient (Wildman–Crippen LogP) is 5.20. The Morgan fingerprint density at radius 3 is 2.31 bits per heavy atom. The van der Waals surface area contributed by atoms with Crippen LogP contribution in [0.15, 0.2) is 54.6 Å². The van der Waals surface area contributed by atoms with Crippen molar-refractivity contribution in [3.05, 3.63) is 94.0 Å². The number of benzene rings is 3. The maximum atomic E-state index is 14.6. The summed E-state index contributed by atoms with van der Waals surface area (Å²) in [4.78, 5) is 0. The number of phenolic OH excluding ortho intramolecular Hbond substituents is 2. The smallest absolute Gasteiger partial charge is 0.165 e. The Balaban J connectivity index is 2.03. The highest BCUT2D eigenvalue weighted by atomic mass is 19.1. The van der Waals surface area contributed by atoms with Crippen LogP contribution in [0.5, 0.6) is 11.5 Å². The lowest BCUT2D eigenvalue weighted by Gasteiger charge is -2.11. The molecule has 130 valence electrons. The van der Waals surface area contributed by atoms with Gasteiger partial charge >= 0.3 is 0 Å². The number of fused-ring (bicyclic) bond motifs is 1. The van der Waals surface area contributed by atoms with E-state index in [0.29, 0.717) is 12.0 Å². The molecule has 0 bridgehead atoms. The van der Waals surface area contributed by atoms with Crippen LogP contribution >= 0.6 is 0 Å². The minimum Gasteiger partial charge on any atom is -0.508 e. The molecule has 26 heavy (non-hydrogen) atoms. The van der Waals surface area contributed by atoms with E-state index in [0.717, 1.165) is 40.0 Å². The van der Waals surface area contributed by atoms with Crippen molar-refractivity contribution in [3.8, 4) is 11.5 Å². The molecule has 3 aromatic carbocycles. The Bertz CT molecular complexity index is 1050. The molecule has 2 N–H and O–H groups in total. The van der Waals surface area contributed by atoms with Gasteiger partial charge in [0.05, 0.1) is 0 Å². The molecule has 3 aromatic rings. The number of hydrogen-bond acceptors (Lipinski definition) is 2. The van der Waals surface area contributed by atoms with Gasteiger partial charge in [0.2, 0.25) is 0 Å². The molecule has 0 saturated heterocycles. The first-order valence-corrected chi connectivity index (χ1v) is 8.25. The van der Waals surface area contributed by atoms with Crippen molar-refractivity contribution < 1.29 is 19.0 Å². The van der Waals surface area contributed by atoms with Crippen LogP contribution in [0.2, 0.25) is 0 Å². The molecule has 0 heterocycles. The molecular weight excluding hydrogens is 334 g/mol. The van der Waals surface area contributed by atoms with Crippen LogP contribution in [0.25, 0.3) is 11.1 Å². The largest absolute Gasteiger partial charge is 0.508 e. The van der Waals surface area contributed by atoms with Gasteiger partial charge in [-0.05, 0) is 64.9 Å². The first-order chi connectivity index (χ1) is 12.5. The number of phenols is 2. The molecule has 0 atom stereocenters. The predicted molar refractivity (Wildman–Crippen MR) is 96.9 cm³/mol. The fourth-order valence-corrected chi connectivity index (χ4v) is 3.62. The topological polar surface area (TPSA) is 40.5 Å². The van der Waals surface area contributed by atoms with E-state index in [4.69, 9.17) is 0 Å². The second-order valence-corrected chi connectivity index (χ2v) is 6.47. The van der Waals surface area contributed by atoms with Crippen molar-refractivity contribution >= 4 is 11.1 Å². The zero-order valence-electron chi connectivity index (χ0n) is 14.1. The second kappa shape index (κ2) is 5.99. The highest BCUT2D eigenvalue weighted by molar-refractivity contribution is 6.04. The van der Waals surface area contributed by atoms with Crippen LogP contribution < -0.4 is 0 Å². The maximum absolute atomic E-state index is 14.6. The molecule has 0 saturated carbocycles. The van der Waals surface area contributed by atoms with Crippen LogP contribution in [0.1, 0.15) is 27.8 Å². The minimum atomic E-state index is -0.864. The lowest BCUT2D eigenvalue weighted by molar-refractivity contribution is 0.426. The molecule has 0 radical (unpaired) electrons. The summed E-state index contributed by atoms with van der Waals surface area (Å²) in [5.74, 6) is -2.12. The fourth-order valence-electron chi connectivity index (χ4n) is 3.62. The normalized spacial score (nSPS) is 13.2. The molecule has 0 aliphatic heterocycles. The van der Waals surface area contributed by atoms with Crippen LogP contribution in [0, 0.1) is 18.6 Å². The first-order valence-electron chi connectivity index (χ1n) is 8.25. The summed E-state index contributed by atoms with van der Waals surface area (Å²) in [7, 11) is 0. The zero-order chi connectivity index (χ0) is 18.4. The molecule has 0 aromatic heterocycles. The van der Waals surface area contributed by atoms with Gasteiger partial charge in [-0.15, -0.1) is 0 Å². The van der Waals surface area contributed by atoms with Gasteiger partial charge in [-0.2, -0.15) is 0 Å². The summed E-state index contributed by atoms with van der Waals surface area (Å²) in [6.45, 7) is 1.89. The zero-order valence-corrected chi connectivity index (χ0v) is 14.1. The second-order valence-electron chi connectivity index (χ2n) is 6.47. The molecule has 1 aliphatic carbocycles. The number of rotatable bonds is 2. The van der Waals surface area contributed by atoms with Gasteiger partial charge in [-0.1, -0.05) is 30.3 Å². The van der Waals surface area contributed by atoms with E-state index in [1.807, 2.05) is 37.3 Å². The SMILES string of the molecule is Cc1cc(O)cc2c1CC(c1cc(F)c(O)cc1F)=C2c1ccccc1. The van der Waals surface area contributed by atoms with Gasteiger partial charge in [-0.3, -0.25) is 0 Å². The van der Waals surface area contributed by atoms with Gasteiger partial charge in [0.15, 0.2) is 11.6 Å². The van der Waals surface area contributed by atoms with E-state index in [-0.39, 0.29) is 11.3 Å². The molecule has 0 fully saturated rings. The third-order valence-electron chi connectivity index (χ3n) is 4.81. The van der Waals surface area contributed by atoms with E-state index >= 15 is 0 Å². The average Bonchev–Trinajstić information content (AvgIpc) is 2.98. The van der Waals surface area contributed by atoms with E-state index in [1.54, 1.807) is 12.1 Å². The van der Waals surface area contributed by atoms with Crippen molar-refractivity contribution in [2.45, 2.75) is 13.3 Å². The quantitative estimate of drug-likeness (QED) is 0.667. The molecule has 0 amide bonds. The van der Waals surface area contributed by atoms with Crippen molar-refractivity contribution in [2.24, 2.45) is 0 Å². The third-order valence-corrected chi connectivity index (χ3v) is 4.81. The number of aromatic hydroxyl groups is 2. The van der Waals surface area contributed by atoms with E-state index in [9.17, 15) is 19.0 Å². The Labute approximate surface area is 149 Å². The lowest BCUT2D eigenvalue weighted by Crippen LogP contribution is -1.95. The van der Waals surface area contributed by atoms with Crippen LogP contribution in [0.3, 0.4) is 0 Å². The highest BCUT2D eigenvalue weighted by Gasteiger charge is 2.28. The standard InChI is InChI=1S/C22H16F2O2/c1-12-7-14(25)8-17-15(12)9-18(22(17)13-5-3-2-4-6-13)16-10-20(24)21(26)11-19(16)23/h2-8,10-11,25-26H,9H2,1H3. The molecule has 4 heteroatoms. The third kappa shape index (κ3) is 2.54. The van der Waals surface area contributed by atoms with Gasteiger partial charge in [-0.25, -0.2) is 8.78 Å². The maximum Gasteiger partial charge on any atom is 0.165 e. The molecular formula is C22H16F2O2. The van der Waals surface area contributed by atoms with Gasteiger partial charge in [0, 0.05) is 11.6 Å². The first kappa shape index (κ1) is 16.3. The number of hydrogen-bond donors (Lipinski definition) is 2. The summed E-state index contributed by atoms with van der Waals surface area (Å²) in [6.07, 6.45) is 0.423. The Morgan fingerprint density at radius 1 is 0.846 bits per heavy atom. The number of aryl methyl sites for hydroxylation is 1. The van der Waals surface area contributed by atoms with E-state index in [1.165, 1.54) is 0 Å².